The zero-order chi connectivity index (χ0) is 8.12. The number of rotatable bonds is 0. The summed E-state index contributed by atoms with van der Waals surface area (Å²) in [4.78, 5) is 0. The molecule has 0 rings (SSSR count). The van der Waals surface area contributed by atoms with Crippen molar-refractivity contribution in [3.63, 3.8) is 0 Å². The van der Waals surface area contributed by atoms with Crippen LogP contribution in [-0.4, -0.2) is 19.8 Å². The van der Waals surface area contributed by atoms with Crippen LogP contribution in [0.25, 0.3) is 0 Å². The van der Waals surface area contributed by atoms with Gasteiger partial charge >= 0.3 is 40.8 Å². The second-order valence-corrected chi connectivity index (χ2v) is 0.866. The van der Waals surface area contributed by atoms with Crippen LogP contribution in [0.1, 0.15) is 20.8 Å². The maximum atomic E-state index is 8.93. The second-order valence-electron chi connectivity index (χ2n) is 0.866. The van der Waals surface area contributed by atoms with Crippen molar-refractivity contribution in [2.24, 2.45) is 0 Å². The van der Waals surface area contributed by atoms with E-state index in [-0.39, 0.29) is 60.7 Å². The first kappa shape index (κ1) is 22.5. The van der Waals surface area contributed by atoms with Crippen molar-refractivity contribution in [3.8, 4) is 0 Å². The van der Waals surface area contributed by atoms with E-state index < -0.39 is 0 Å². The zero-order valence-electron chi connectivity index (χ0n) is 6.85. The molecule has 0 aliphatic heterocycles. The van der Waals surface area contributed by atoms with E-state index in [9.17, 15) is 0 Å². The van der Waals surface area contributed by atoms with Gasteiger partial charge in [0.1, 0.15) is 0 Å². The predicted molar refractivity (Wildman–Crippen MR) is 31.6 cm³/mol. The van der Waals surface area contributed by atoms with Crippen molar-refractivity contribution >= 4 is 0 Å². The molecule has 0 spiro atoms. The Labute approximate surface area is 96.0 Å². The summed E-state index contributed by atoms with van der Waals surface area (Å²) in [5, 5.41) is 26.8. The Kier molecular flexibility index (Phi) is 109. The van der Waals surface area contributed by atoms with Gasteiger partial charge in [-0.3, -0.25) is 0 Å². The molecule has 4 heteroatoms. The van der Waals surface area contributed by atoms with Crippen molar-refractivity contribution in [1.29, 1.82) is 0 Å². The largest absolute Gasteiger partial charge is 3.00 e. The molecule has 3 nitrogen and oxygen atoms in total. The average molecular weight is 279 g/mol. The van der Waals surface area contributed by atoms with Gasteiger partial charge in [0.05, 0.1) is 0 Å². The molecule has 0 bridgehead atoms. The Bertz CT molecular complexity index is 17.7. The van der Waals surface area contributed by atoms with E-state index in [1.807, 2.05) is 0 Å². The SMILES string of the molecule is CC[O-].CC[O-].CC[O-].[Nd+3]. The van der Waals surface area contributed by atoms with Gasteiger partial charge in [-0.15, -0.1) is 19.8 Å². The molecule has 61 valence electrons. The minimum atomic E-state index is 0. The van der Waals surface area contributed by atoms with Crippen molar-refractivity contribution in [2.75, 3.05) is 19.8 Å². The molecule has 0 aliphatic carbocycles. The van der Waals surface area contributed by atoms with E-state index >= 15 is 0 Å². The summed E-state index contributed by atoms with van der Waals surface area (Å²) in [5.74, 6) is 0. The Hall–Kier alpha value is 1.23. The first-order chi connectivity index (χ1) is 4.24. The normalized spacial score (nSPS) is 5.40. The summed E-state index contributed by atoms with van der Waals surface area (Å²) in [6, 6.07) is 0. The molecule has 0 aliphatic rings. The fourth-order valence-electron chi connectivity index (χ4n) is 0. The zero-order valence-corrected chi connectivity index (χ0v) is 10.1. The topological polar surface area (TPSA) is 69.2 Å². The molecule has 0 aromatic carbocycles. The third-order valence-electron chi connectivity index (χ3n) is 0. The Balaban J connectivity index is -0.0000000257. The molecule has 10 heavy (non-hydrogen) atoms. The molecule has 0 aromatic heterocycles. The van der Waals surface area contributed by atoms with Crippen LogP contribution >= 0.6 is 0 Å². The standard InChI is InChI=1S/3C2H5O.Nd/c3*1-2-3;/h3*2H2,1H3;/q3*-1;+3. The van der Waals surface area contributed by atoms with Gasteiger partial charge in [-0.2, -0.15) is 0 Å². The molecular formula is C6H15NdO3. The van der Waals surface area contributed by atoms with Crippen LogP contribution in [0.15, 0.2) is 0 Å². The van der Waals surface area contributed by atoms with Crippen molar-refractivity contribution < 1.29 is 56.2 Å². The van der Waals surface area contributed by atoms with Gasteiger partial charge in [0.2, 0.25) is 0 Å². The van der Waals surface area contributed by atoms with E-state index in [4.69, 9.17) is 15.3 Å². The van der Waals surface area contributed by atoms with E-state index in [0.29, 0.717) is 0 Å². The van der Waals surface area contributed by atoms with Crippen LogP contribution in [0, 0.1) is 40.8 Å². The van der Waals surface area contributed by atoms with Crippen LogP contribution in [0.3, 0.4) is 0 Å². The van der Waals surface area contributed by atoms with E-state index in [2.05, 4.69) is 0 Å². The third kappa shape index (κ3) is 413. The molecule has 0 saturated heterocycles. The average Bonchev–Trinajstić information content (AvgIpc) is 1.70. The van der Waals surface area contributed by atoms with Gasteiger partial charge in [0.15, 0.2) is 0 Å². The second kappa shape index (κ2) is 48.7. The van der Waals surface area contributed by atoms with Crippen LogP contribution in [0.5, 0.6) is 0 Å². The maximum absolute atomic E-state index is 8.93. The number of hydrogen-bond donors (Lipinski definition) is 0. The van der Waals surface area contributed by atoms with Crippen molar-refractivity contribution in [1.82, 2.24) is 0 Å². The minimum Gasteiger partial charge on any atom is -0.855 e. The Morgan fingerprint density at radius 1 is 0.700 bits per heavy atom. The third-order valence-corrected chi connectivity index (χ3v) is 0. The molecule has 0 atom stereocenters. The van der Waals surface area contributed by atoms with Crippen molar-refractivity contribution in [3.05, 3.63) is 0 Å². The molecule has 0 fully saturated rings. The van der Waals surface area contributed by atoms with Gasteiger partial charge < -0.3 is 15.3 Å². The van der Waals surface area contributed by atoms with Gasteiger partial charge in [-0.1, -0.05) is 20.8 Å². The van der Waals surface area contributed by atoms with Gasteiger partial charge in [0, 0.05) is 0 Å². The monoisotopic (exact) mass is 277 g/mol. The first-order valence-electron chi connectivity index (χ1n) is 2.99. The first-order valence-corrected chi connectivity index (χ1v) is 2.99. The molecule has 0 unspecified atom stereocenters. The summed E-state index contributed by atoms with van der Waals surface area (Å²) >= 11 is 0. The molecule has 0 heterocycles. The summed E-state index contributed by atoms with van der Waals surface area (Å²) < 4.78 is 0. The molecular weight excluding hydrogens is 264 g/mol. The van der Waals surface area contributed by atoms with Crippen LogP contribution in [0.2, 0.25) is 0 Å². The molecule has 0 amide bonds. The van der Waals surface area contributed by atoms with Gasteiger partial charge in [-0.25, -0.2) is 0 Å². The fourth-order valence-corrected chi connectivity index (χ4v) is 0. The number of hydrogen-bond acceptors (Lipinski definition) is 3. The van der Waals surface area contributed by atoms with E-state index in [0.717, 1.165) is 0 Å². The summed E-state index contributed by atoms with van der Waals surface area (Å²) in [5.41, 5.74) is 0. The molecule has 0 N–H and O–H groups in total. The van der Waals surface area contributed by atoms with Crippen LogP contribution in [-0.2, 0) is 0 Å². The fraction of sp³-hybridized carbons (Fsp3) is 1.00. The summed E-state index contributed by atoms with van der Waals surface area (Å²) in [6.45, 7) is 4.71. The summed E-state index contributed by atoms with van der Waals surface area (Å²) in [7, 11) is 0. The smallest absolute Gasteiger partial charge is 0.855 e. The molecule has 0 aromatic rings. The summed E-state index contributed by atoms with van der Waals surface area (Å²) in [6.07, 6.45) is 0. The quantitative estimate of drug-likeness (QED) is 0.520. The minimum absolute atomic E-state index is 0. The van der Waals surface area contributed by atoms with Gasteiger partial charge in [0.25, 0.3) is 0 Å². The van der Waals surface area contributed by atoms with E-state index in [1.54, 1.807) is 20.8 Å². The van der Waals surface area contributed by atoms with Gasteiger partial charge in [-0.05, 0) is 0 Å². The Morgan fingerprint density at radius 2 is 0.700 bits per heavy atom. The predicted octanol–water partition coefficient (Wildman–Crippen LogP) is -1.90. The Morgan fingerprint density at radius 3 is 0.700 bits per heavy atom. The molecule has 0 saturated carbocycles. The molecule has 1 radical (unpaired) electrons. The van der Waals surface area contributed by atoms with Crippen molar-refractivity contribution in [2.45, 2.75) is 20.8 Å². The van der Waals surface area contributed by atoms with Crippen LogP contribution in [0.4, 0.5) is 0 Å². The van der Waals surface area contributed by atoms with E-state index in [1.165, 1.54) is 0 Å². The van der Waals surface area contributed by atoms with Crippen LogP contribution < -0.4 is 15.3 Å². The maximum Gasteiger partial charge on any atom is 3.00 e.